The van der Waals surface area contributed by atoms with Gasteiger partial charge in [-0.05, 0) is 30.4 Å². The summed E-state index contributed by atoms with van der Waals surface area (Å²) in [5, 5.41) is 10.9. The van der Waals surface area contributed by atoms with Gasteiger partial charge in [-0.3, -0.25) is 0 Å². The van der Waals surface area contributed by atoms with E-state index in [9.17, 15) is 0 Å². The van der Waals surface area contributed by atoms with Crippen molar-refractivity contribution < 1.29 is 0 Å². The van der Waals surface area contributed by atoms with Crippen LogP contribution in [0.3, 0.4) is 0 Å². The first-order chi connectivity index (χ1) is 11.2. The van der Waals surface area contributed by atoms with E-state index in [1.165, 1.54) is 17.5 Å². The molecule has 0 amide bonds. The van der Waals surface area contributed by atoms with Crippen LogP contribution >= 0.6 is 0 Å². The molecule has 0 radical (unpaired) electrons. The normalized spacial score (nSPS) is 20.3. The maximum Gasteiger partial charge on any atom is 0.191 e. The number of hydrogen-bond donors (Lipinski definition) is 2. The summed E-state index contributed by atoms with van der Waals surface area (Å²) in [6, 6.07) is 9.03. The van der Waals surface area contributed by atoms with Crippen molar-refractivity contribution in [3.8, 4) is 0 Å². The number of aromatic nitrogens is 3. The molecule has 1 aliphatic carbocycles. The van der Waals surface area contributed by atoms with Gasteiger partial charge in [0.25, 0.3) is 0 Å². The minimum Gasteiger partial charge on any atom is -0.357 e. The van der Waals surface area contributed by atoms with Gasteiger partial charge in [0, 0.05) is 12.6 Å². The van der Waals surface area contributed by atoms with E-state index < -0.39 is 0 Å². The van der Waals surface area contributed by atoms with Gasteiger partial charge in [-0.2, -0.15) is 5.10 Å². The molecule has 2 N–H and O–H groups in total. The zero-order chi connectivity index (χ0) is 16.1. The van der Waals surface area contributed by atoms with Crippen LogP contribution in [0.1, 0.15) is 31.4 Å². The molecule has 1 heterocycles. The van der Waals surface area contributed by atoms with Crippen molar-refractivity contribution in [2.24, 2.45) is 10.9 Å². The molecule has 0 spiro atoms. The number of nitrogens with one attached hydrogen (secondary N) is 2. The maximum atomic E-state index is 4.70. The molecular weight excluding hydrogens is 288 g/mol. The van der Waals surface area contributed by atoms with E-state index in [0.717, 1.165) is 25.0 Å². The highest BCUT2D eigenvalue weighted by atomic mass is 15.3. The molecule has 122 valence electrons. The third-order valence-electron chi connectivity index (χ3n) is 4.00. The Labute approximate surface area is 137 Å². The predicted octanol–water partition coefficient (Wildman–Crippen LogP) is 1.79. The van der Waals surface area contributed by atoms with E-state index in [1.54, 1.807) is 12.7 Å². The topological polar surface area (TPSA) is 67.1 Å². The van der Waals surface area contributed by atoms with Gasteiger partial charge in [-0.15, -0.1) is 0 Å². The van der Waals surface area contributed by atoms with Gasteiger partial charge in [0.15, 0.2) is 5.96 Å². The molecule has 6 nitrogen and oxygen atoms in total. The first kappa shape index (κ1) is 15.5. The fourth-order valence-corrected chi connectivity index (χ4v) is 2.52. The summed E-state index contributed by atoms with van der Waals surface area (Å²) >= 11 is 0. The van der Waals surface area contributed by atoms with Crippen LogP contribution in [0.2, 0.25) is 0 Å². The molecule has 2 aromatic rings. The monoisotopic (exact) mass is 312 g/mol. The summed E-state index contributed by atoms with van der Waals surface area (Å²) in [7, 11) is 0. The fraction of sp³-hybridized carbons (Fsp3) is 0.471. The molecule has 0 aliphatic heterocycles. The average molecular weight is 312 g/mol. The average Bonchev–Trinajstić information content (AvgIpc) is 3.00. The summed E-state index contributed by atoms with van der Waals surface area (Å²) < 4.78 is 1.82. The summed E-state index contributed by atoms with van der Waals surface area (Å²) in [5.74, 6) is 1.66. The van der Waals surface area contributed by atoms with Gasteiger partial charge in [0.2, 0.25) is 0 Å². The van der Waals surface area contributed by atoms with Crippen molar-refractivity contribution in [3.05, 3.63) is 48.0 Å². The highest BCUT2D eigenvalue weighted by Crippen LogP contribution is 2.28. The molecule has 0 saturated heterocycles. The second kappa shape index (κ2) is 7.26. The Morgan fingerprint density at radius 1 is 1.39 bits per heavy atom. The van der Waals surface area contributed by atoms with Crippen LogP contribution in [-0.4, -0.2) is 33.3 Å². The summed E-state index contributed by atoms with van der Waals surface area (Å²) in [6.45, 7) is 6.62. The highest BCUT2D eigenvalue weighted by molar-refractivity contribution is 5.80. The van der Waals surface area contributed by atoms with Crippen LogP contribution in [-0.2, 0) is 13.1 Å². The van der Waals surface area contributed by atoms with Crippen molar-refractivity contribution in [2.75, 3.05) is 6.54 Å². The number of aliphatic imine (C=N–C) groups is 1. The number of hydrogen-bond acceptors (Lipinski definition) is 3. The van der Waals surface area contributed by atoms with Crippen molar-refractivity contribution in [3.63, 3.8) is 0 Å². The second-order valence-corrected chi connectivity index (χ2v) is 6.07. The van der Waals surface area contributed by atoms with E-state index in [4.69, 9.17) is 4.99 Å². The molecular formula is C17H24N6. The van der Waals surface area contributed by atoms with Gasteiger partial charge in [0.05, 0.1) is 13.1 Å². The lowest BCUT2D eigenvalue weighted by atomic mass is 10.1. The maximum absolute atomic E-state index is 4.70. The summed E-state index contributed by atoms with van der Waals surface area (Å²) in [6.07, 6.45) is 4.52. The molecule has 1 aromatic carbocycles. The zero-order valence-electron chi connectivity index (χ0n) is 13.7. The molecule has 1 aromatic heterocycles. The molecule has 1 saturated carbocycles. The van der Waals surface area contributed by atoms with Gasteiger partial charge < -0.3 is 10.6 Å². The smallest absolute Gasteiger partial charge is 0.191 e. The molecule has 2 atom stereocenters. The number of guanidine groups is 1. The van der Waals surface area contributed by atoms with Crippen LogP contribution in [0, 0.1) is 5.92 Å². The molecule has 0 bridgehead atoms. The van der Waals surface area contributed by atoms with Crippen LogP contribution in [0.4, 0.5) is 0 Å². The van der Waals surface area contributed by atoms with E-state index in [-0.39, 0.29) is 0 Å². The first-order valence-corrected chi connectivity index (χ1v) is 8.19. The van der Waals surface area contributed by atoms with Crippen molar-refractivity contribution in [1.82, 2.24) is 25.4 Å². The lowest BCUT2D eigenvalue weighted by Crippen LogP contribution is -2.39. The van der Waals surface area contributed by atoms with E-state index in [1.807, 2.05) is 4.68 Å². The lowest BCUT2D eigenvalue weighted by molar-refractivity contribution is 0.684. The third-order valence-corrected chi connectivity index (χ3v) is 4.00. The predicted molar refractivity (Wildman–Crippen MR) is 91.1 cm³/mol. The Bertz CT molecular complexity index is 649. The molecule has 2 unspecified atom stereocenters. The second-order valence-electron chi connectivity index (χ2n) is 6.07. The van der Waals surface area contributed by atoms with Crippen LogP contribution in [0.25, 0.3) is 0 Å². The Kier molecular flexibility index (Phi) is 4.90. The van der Waals surface area contributed by atoms with Crippen LogP contribution in [0.5, 0.6) is 0 Å². The lowest BCUT2D eigenvalue weighted by Gasteiger charge is -2.11. The summed E-state index contributed by atoms with van der Waals surface area (Å²) in [4.78, 5) is 8.67. The third kappa shape index (κ3) is 4.55. The van der Waals surface area contributed by atoms with Gasteiger partial charge in [-0.1, -0.05) is 31.2 Å². The quantitative estimate of drug-likeness (QED) is 0.630. The Balaban J connectivity index is 1.62. The first-order valence-electron chi connectivity index (χ1n) is 8.19. The van der Waals surface area contributed by atoms with Crippen LogP contribution in [0.15, 0.2) is 41.9 Å². The molecule has 6 heteroatoms. The Morgan fingerprint density at radius 2 is 2.22 bits per heavy atom. The SMILES string of the molecule is CCNC(=NCc1cccc(Cn2cncn2)c1)NC1CC1C. The van der Waals surface area contributed by atoms with Gasteiger partial charge in [-0.25, -0.2) is 14.7 Å². The van der Waals surface area contributed by atoms with Crippen molar-refractivity contribution >= 4 is 5.96 Å². The summed E-state index contributed by atoms with van der Waals surface area (Å²) in [5.41, 5.74) is 2.40. The molecule has 3 rings (SSSR count). The van der Waals surface area contributed by atoms with E-state index >= 15 is 0 Å². The Hall–Kier alpha value is -2.37. The molecule has 23 heavy (non-hydrogen) atoms. The van der Waals surface area contributed by atoms with E-state index in [0.29, 0.717) is 12.6 Å². The Morgan fingerprint density at radius 3 is 2.91 bits per heavy atom. The largest absolute Gasteiger partial charge is 0.357 e. The van der Waals surface area contributed by atoms with Crippen molar-refractivity contribution in [1.29, 1.82) is 0 Å². The minimum atomic E-state index is 0.575. The zero-order valence-corrected chi connectivity index (χ0v) is 13.7. The number of nitrogens with zero attached hydrogens (tertiary/aromatic N) is 4. The standard InChI is InChI=1S/C17H24N6/c1-3-19-17(22-16-7-13(16)2)20-9-14-5-4-6-15(8-14)10-23-12-18-11-21-23/h4-6,8,11-13,16H,3,7,9-10H2,1-2H3,(H2,19,20,22). The highest BCUT2D eigenvalue weighted by Gasteiger charge is 2.33. The van der Waals surface area contributed by atoms with Crippen LogP contribution < -0.4 is 10.6 Å². The van der Waals surface area contributed by atoms with Crippen molar-refractivity contribution in [2.45, 2.75) is 39.4 Å². The number of benzene rings is 1. The molecule has 1 fully saturated rings. The number of rotatable bonds is 6. The molecule has 1 aliphatic rings. The minimum absolute atomic E-state index is 0.575. The van der Waals surface area contributed by atoms with Gasteiger partial charge in [0.1, 0.15) is 12.7 Å². The van der Waals surface area contributed by atoms with Gasteiger partial charge >= 0.3 is 0 Å². The van der Waals surface area contributed by atoms with E-state index in [2.05, 4.69) is 58.8 Å². The fourth-order valence-electron chi connectivity index (χ4n) is 2.52.